The van der Waals surface area contributed by atoms with Gasteiger partial charge in [-0.3, -0.25) is 9.48 Å². The second-order valence-corrected chi connectivity index (χ2v) is 6.49. The molecule has 0 fully saturated rings. The first-order chi connectivity index (χ1) is 12.2. The zero-order valence-corrected chi connectivity index (χ0v) is 16.2. The number of nitrogens with one attached hydrogen (secondary N) is 1. The van der Waals surface area contributed by atoms with Crippen molar-refractivity contribution < 1.29 is 14.3 Å². The second-order valence-electron chi connectivity index (χ2n) is 6.08. The van der Waals surface area contributed by atoms with Gasteiger partial charge in [0.2, 0.25) is 0 Å². The van der Waals surface area contributed by atoms with Crippen LogP contribution in [0.3, 0.4) is 0 Å². The number of aromatic nitrogens is 2. The van der Waals surface area contributed by atoms with E-state index in [4.69, 9.17) is 16.3 Å². The van der Waals surface area contributed by atoms with Crippen LogP contribution in [0.25, 0.3) is 6.08 Å². The number of aryl methyl sites for hydroxylation is 3. The third-order valence-corrected chi connectivity index (χ3v) is 4.43. The van der Waals surface area contributed by atoms with Crippen molar-refractivity contribution in [2.75, 3.05) is 5.32 Å². The van der Waals surface area contributed by atoms with Crippen LogP contribution < -0.4 is 5.32 Å². The average Bonchev–Trinajstić information content (AvgIpc) is 2.82. The monoisotopic (exact) mass is 375 g/mol. The Labute approximate surface area is 157 Å². The first kappa shape index (κ1) is 19.7. The van der Waals surface area contributed by atoms with Crippen LogP contribution in [0, 0.1) is 20.8 Å². The van der Waals surface area contributed by atoms with Gasteiger partial charge >= 0.3 is 5.97 Å². The van der Waals surface area contributed by atoms with E-state index in [1.165, 1.54) is 13.0 Å². The maximum atomic E-state index is 12.3. The number of rotatable bonds is 5. The van der Waals surface area contributed by atoms with Crippen LogP contribution in [0.5, 0.6) is 0 Å². The van der Waals surface area contributed by atoms with E-state index in [1.807, 2.05) is 26.0 Å². The van der Waals surface area contributed by atoms with Gasteiger partial charge in [-0.25, -0.2) is 4.79 Å². The van der Waals surface area contributed by atoms with Crippen molar-refractivity contribution in [1.29, 1.82) is 0 Å². The molecule has 0 spiro atoms. The lowest BCUT2D eigenvalue weighted by Crippen LogP contribution is -2.29. The summed E-state index contributed by atoms with van der Waals surface area (Å²) in [5.74, 6) is -1.02. The molecule has 0 bridgehead atoms. The molecule has 7 heteroatoms. The molecule has 0 unspecified atom stereocenters. The smallest absolute Gasteiger partial charge is 0.331 e. The van der Waals surface area contributed by atoms with E-state index in [9.17, 15) is 9.59 Å². The largest absolute Gasteiger partial charge is 0.449 e. The summed E-state index contributed by atoms with van der Waals surface area (Å²) in [6, 6.07) is 5.46. The number of hydrogen-bond acceptors (Lipinski definition) is 4. The summed E-state index contributed by atoms with van der Waals surface area (Å²) < 4.78 is 6.83. The van der Waals surface area contributed by atoms with Gasteiger partial charge in [0, 0.05) is 18.1 Å². The summed E-state index contributed by atoms with van der Waals surface area (Å²) in [5.41, 5.74) is 3.89. The van der Waals surface area contributed by atoms with Crippen molar-refractivity contribution in [3.8, 4) is 0 Å². The summed E-state index contributed by atoms with van der Waals surface area (Å²) in [7, 11) is 1.80. The second kappa shape index (κ2) is 8.19. The van der Waals surface area contributed by atoms with Gasteiger partial charge in [-0.2, -0.15) is 5.10 Å². The van der Waals surface area contributed by atoms with Gasteiger partial charge in [0.1, 0.15) is 0 Å². The third kappa shape index (κ3) is 4.73. The predicted octanol–water partition coefficient (Wildman–Crippen LogP) is 3.58. The number of ether oxygens (including phenoxy) is 1. The maximum Gasteiger partial charge on any atom is 0.331 e. The summed E-state index contributed by atoms with van der Waals surface area (Å²) in [6.45, 7) is 7.07. The number of esters is 1. The summed E-state index contributed by atoms with van der Waals surface area (Å²) in [4.78, 5) is 24.2. The van der Waals surface area contributed by atoms with Crippen LogP contribution in [-0.2, 0) is 21.4 Å². The van der Waals surface area contributed by atoms with Crippen molar-refractivity contribution in [2.24, 2.45) is 7.05 Å². The number of benzene rings is 1. The van der Waals surface area contributed by atoms with Gasteiger partial charge in [0.15, 0.2) is 6.10 Å². The normalized spacial score (nSPS) is 12.2. The lowest BCUT2D eigenvalue weighted by Gasteiger charge is -2.12. The fraction of sp³-hybridized carbons (Fsp3) is 0.316. The average molecular weight is 376 g/mol. The highest BCUT2D eigenvalue weighted by atomic mass is 35.5. The molecule has 2 rings (SSSR count). The van der Waals surface area contributed by atoms with Crippen LogP contribution in [0.4, 0.5) is 5.69 Å². The van der Waals surface area contributed by atoms with E-state index in [0.717, 1.165) is 16.8 Å². The lowest BCUT2D eigenvalue weighted by atomic mass is 10.1. The minimum atomic E-state index is -0.937. The molecule has 1 amide bonds. The Morgan fingerprint density at radius 2 is 2.00 bits per heavy atom. The van der Waals surface area contributed by atoms with Crippen molar-refractivity contribution in [3.63, 3.8) is 0 Å². The molecule has 1 aromatic carbocycles. The number of hydrogen-bond donors (Lipinski definition) is 1. The Kier molecular flexibility index (Phi) is 6.21. The van der Waals surface area contributed by atoms with E-state index in [2.05, 4.69) is 10.4 Å². The molecule has 0 aliphatic rings. The molecule has 26 heavy (non-hydrogen) atoms. The SMILES string of the molecule is Cc1ccc(/C=C/C(=O)O[C@@H](C)C(=O)Nc2c(C)nn(C)c2C)cc1Cl. The summed E-state index contributed by atoms with van der Waals surface area (Å²) in [5, 5.41) is 7.60. The van der Waals surface area contributed by atoms with Gasteiger partial charge in [-0.05, 0) is 51.0 Å². The topological polar surface area (TPSA) is 73.2 Å². The molecular formula is C19H22ClN3O3. The molecule has 0 saturated heterocycles. The van der Waals surface area contributed by atoms with Crippen LogP contribution in [0.1, 0.15) is 29.4 Å². The molecule has 6 nitrogen and oxygen atoms in total. The fourth-order valence-electron chi connectivity index (χ4n) is 2.32. The van der Waals surface area contributed by atoms with E-state index in [1.54, 1.807) is 30.8 Å². The van der Waals surface area contributed by atoms with E-state index < -0.39 is 18.0 Å². The molecule has 0 aliphatic heterocycles. The van der Waals surface area contributed by atoms with E-state index >= 15 is 0 Å². The van der Waals surface area contributed by atoms with Gasteiger partial charge < -0.3 is 10.1 Å². The fourth-order valence-corrected chi connectivity index (χ4v) is 2.51. The number of carbonyl (C=O) groups excluding carboxylic acids is 2. The highest BCUT2D eigenvalue weighted by molar-refractivity contribution is 6.31. The van der Waals surface area contributed by atoms with E-state index in [0.29, 0.717) is 16.4 Å². The molecule has 1 atom stereocenters. The van der Waals surface area contributed by atoms with Crippen LogP contribution >= 0.6 is 11.6 Å². The van der Waals surface area contributed by atoms with Crippen molar-refractivity contribution in [3.05, 3.63) is 51.8 Å². The van der Waals surface area contributed by atoms with Crippen molar-refractivity contribution in [2.45, 2.75) is 33.8 Å². The van der Waals surface area contributed by atoms with Crippen LogP contribution in [0.2, 0.25) is 5.02 Å². The highest BCUT2D eigenvalue weighted by Gasteiger charge is 2.20. The molecule has 2 aromatic rings. The molecule has 0 radical (unpaired) electrons. The maximum absolute atomic E-state index is 12.3. The Morgan fingerprint density at radius 1 is 1.31 bits per heavy atom. The minimum absolute atomic E-state index is 0.413. The minimum Gasteiger partial charge on any atom is -0.449 e. The van der Waals surface area contributed by atoms with Crippen LogP contribution in [0.15, 0.2) is 24.3 Å². The summed E-state index contributed by atoms with van der Waals surface area (Å²) in [6.07, 6.45) is 1.92. The lowest BCUT2D eigenvalue weighted by molar-refractivity contribution is -0.148. The Morgan fingerprint density at radius 3 is 2.58 bits per heavy atom. The number of amides is 1. The summed E-state index contributed by atoms with van der Waals surface area (Å²) >= 11 is 6.05. The molecule has 0 saturated carbocycles. The van der Waals surface area contributed by atoms with Crippen LogP contribution in [-0.4, -0.2) is 27.8 Å². The molecule has 0 aliphatic carbocycles. The number of anilines is 1. The third-order valence-electron chi connectivity index (χ3n) is 4.03. The Hall–Kier alpha value is -2.60. The first-order valence-corrected chi connectivity index (χ1v) is 8.52. The van der Waals surface area contributed by atoms with Gasteiger partial charge in [0.25, 0.3) is 5.91 Å². The number of nitrogens with zero attached hydrogens (tertiary/aromatic N) is 2. The van der Waals surface area contributed by atoms with Gasteiger partial charge in [-0.1, -0.05) is 23.7 Å². The highest BCUT2D eigenvalue weighted by Crippen LogP contribution is 2.19. The number of carbonyl (C=O) groups is 2. The van der Waals surface area contributed by atoms with Gasteiger partial charge in [-0.15, -0.1) is 0 Å². The van der Waals surface area contributed by atoms with Gasteiger partial charge in [0.05, 0.1) is 17.1 Å². The predicted molar refractivity (Wildman–Crippen MR) is 102 cm³/mol. The first-order valence-electron chi connectivity index (χ1n) is 8.15. The molecular weight excluding hydrogens is 354 g/mol. The Bertz CT molecular complexity index is 871. The zero-order chi connectivity index (χ0) is 19.4. The number of halogens is 1. The van der Waals surface area contributed by atoms with Crippen molar-refractivity contribution >= 4 is 35.2 Å². The standard InChI is InChI=1S/C19H22ClN3O3/c1-11-6-7-15(10-16(11)20)8-9-17(24)26-14(4)19(25)21-18-12(2)22-23(5)13(18)3/h6-10,14H,1-5H3,(H,21,25)/b9-8+/t14-/m0/s1. The van der Waals surface area contributed by atoms with Crippen molar-refractivity contribution in [1.82, 2.24) is 9.78 Å². The molecule has 1 aromatic heterocycles. The Balaban J connectivity index is 1.96. The molecule has 138 valence electrons. The zero-order valence-electron chi connectivity index (χ0n) is 15.5. The quantitative estimate of drug-likeness (QED) is 0.640. The molecule has 1 N–H and O–H groups in total. The van der Waals surface area contributed by atoms with E-state index in [-0.39, 0.29) is 0 Å². The molecule has 1 heterocycles.